The first kappa shape index (κ1) is 27.4. The largest absolute Gasteiger partial charge is 0.465 e. The SMILES string of the molecule is CCOC(=O)Cn1cc(-c2cc(Oc3ccc(N(C(=O)C4(C(N)=O)CC4)c4ccc(F)cc4)cc3F)ccn2)cn1. The summed E-state index contributed by atoms with van der Waals surface area (Å²) < 4.78 is 41.0. The van der Waals surface area contributed by atoms with E-state index in [0.29, 0.717) is 11.3 Å². The summed E-state index contributed by atoms with van der Waals surface area (Å²) in [7, 11) is 0. The molecule has 2 aromatic heterocycles. The van der Waals surface area contributed by atoms with Crippen molar-refractivity contribution in [2.24, 2.45) is 11.1 Å². The van der Waals surface area contributed by atoms with E-state index in [1.54, 1.807) is 19.2 Å². The Hall–Kier alpha value is -5.13. The lowest BCUT2D eigenvalue weighted by molar-refractivity contribution is -0.144. The molecule has 2 N–H and O–H groups in total. The van der Waals surface area contributed by atoms with Crippen LogP contribution in [-0.4, -0.2) is 39.2 Å². The fourth-order valence-electron chi connectivity index (χ4n) is 4.27. The zero-order valence-corrected chi connectivity index (χ0v) is 21.9. The lowest BCUT2D eigenvalue weighted by Crippen LogP contribution is -2.41. The van der Waals surface area contributed by atoms with Gasteiger partial charge < -0.3 is 15.2 Å². The first-order chi connectivity index (χ1) is 19.7. The normalized spacial score (nSPS) is 13.3. The van der Waals surface area contributed by atoms with Crippen LogP contribution >= 0.6 is 0 Å². The second-order valence-corrected chi connectivity index (χ2v) is 9.39. The maximum absolute atomic E-state index is 15.3. The van der Waals surface area contributed by atoms with Gasteiger partial charge in [0.2, 0.25) is 11.8 Å². The number of hydrogen-bond donors (Lipinski definition) is 1. The number of benzene rings is 2. The number of pyridine rings is 1. The number of nitrogens with two attached hydrogens (primary N) is 1. The van der Waals surface area contributed by atoms with Crippen molar-refractivity contribution < 1.29 is 32.6 Å². The molecule has 1 aliphatic rings. The molecule has 0 bridgehead atoms. The van der Waals surface area contributed by atoms with Gasteiger partial charge >= 0.3 is 5.97 Å². The van der Waals surface area contributed by atoms with Gasteiger partial charge in [-0.1, -0.05) is 0 Å². The molecule has 5 rings (SSSR count). The van der Waals surface area contributed by atoms with Crippen molar-refractivity contribution in [1.29, 1.82) is 0 Å². The third-order valence-electron chi connectivity index (χ3n) is 6.58. The number of primary amides is 1. The molecule has 1 fully saturated rings. The Bertz CT molecular complexity index is 1620. The minimum Gasteiger partial charge on any atom is -0.465 e. The number of amides is 2. The molecule has 0 saturated heterocycles. The Morgan fingerprint density at radius 1 is 1.05 bits per heavy atom. The summed E-state index contributed by atoms with van der Waals surface area (Å²) in [5.41, 5.74) is 5.56. The van der Waals surface area contributed by atoms with Crippen LogP contribution in [0.15, 0.2) is 73.2 Å². The van der Waals surface area contributed by atoms with E-state index in [-0.39, 0.29) is 48.9 Å². The number of hydrogen-bond acceptors (Lipinski definition) is 7. The molecule has 1 aliphatic carbocycles. The molecule has 2 heterocycles. The third-order valence-corrected chi connectivity index (χ3v) is 6.58. The maximum atomic E-state index is 15.3. The summed E-state index contributed by atoms with van der Waals surface area (Å²) in [6.45, 7) is 1.92. The quantitative estimate of drug-likeness (QED) is 0.223. The molecular formula is C29H25F2N5O5. The van der Waals surface area contributed by atoms with Gasteiger partial charge in [-0.2, -0.15) is 5.10 Å². The Balaban J connectivity index is 1.39. The predicted octanol–water partition coefficient (Wildman–Crippen LogP) is 4.51. The molecule has 10 nitrogen and oxygen atoms in total. The molecule has 210 valence electrons. The van der Waals surface area contributed by atoms with Crippen LogP contribution in [0.25, 0.3) is 11.3 Å². The lowest BCUT2D eigenvalue weighted by atomic mass is 10.0. The molecule has 0 radical (unpaired) electrons. The lowest BCUT2D eigenvalue weighted by Gasteiger charge is -2.26. The summed E-state index contributed by atoms with van der Waals surface area (Å²) in [4.78, 5) is 42.7. The summed E-state index contributed by atoms with van der Waals surface area (Å²) >= 11 is 0. The monoisotopic (exact) mass is 561 g/mol. The molecule has 1 saturated carbocycles. The van der Waals surface area contributed by atoms with E-state index in [0.717, 1.165) is 23.1 Å². The summed E-state index contributed by atoms with van der Waals surface area (Å²) in [6, 6.07) is 12.1. The van der Waals surface area contributed by atoms with E-state index < -0.39 is 34.8 Å². The van der Waals surface area contributed by atoms with Gasteiger partial charge in [0.05, 0.1) is 24.2 Å². The van der Waals surface area contributed by atoms with Gasteiger partial charge in [0, 0.05) is 35.8 Å². The van der Waals surface area contributed by atoms with Crippen LogP contribution in [0.1, 0.15) is 19.8 Å². The highest BCUT2D eigenvalue weighted by molar-refractivity contribution is 6.16. The Morgan fingerprint density at radius 3 is 2.44 bits per heavy atom. The number of anilines is 2. The van der Waals surface area contributed by atoms with Gasteiger partial charge in [-0.25, -0.2) is 8.78 Å². The van der Waals surface area contributed by atoms with E-state index in [4.69, 9.17) is 15.2 Å². The molecule has 0 aliphatic heterocycles. The molecule has 2 amide bonds. The number of ether oxygens (including phenoxy) is 2. The minimum absolute atomic E-state index is 0.0560. The van der Waals surface area contributed by atoms with Crippen LogP contribution in [0.5, 0.6) is 11.5 Å². The first-order valence-corrected chi connectivity index (χ1v) is 12.7. The van der Waals surface area contributed by atoms with E-state index >= 15 is 4.39 Å². The zero-order chi connectivity index (χ0) is 29.1. The van der Waals surface area contributed by atoms with Gasteiger partial charge in [-0.3, -0.25) is 28.9 Å². The number of halogens is 2. The van der Waals surface area contributed by atoms with Crippen LogP contribution in [0, 0.1) is 17.0 Å². The van der Waals surface area contributed by atoms with E-state index in [1.165, 1.54) is 47.4 Å². The van der Waals surface area contributed by atoms with Crippen molar-refractivity contribution in [2.45, 2.75) is 26.3 Å². The van der Waals surface area contributed by atoms with Crippen molar-refractivity contribution in [2.75, 3.05) is 11.5 Å². The first-order valence-electron chi connectivity index (χ1n) is 12.7. The van der Waals surface area contributed by atoms with Crippen molar-refractivity contribution in [3.8, 4) is 22.8 Å². The van der Waals surface area contributed by atoms with Gasteiger partial charge in [0.15, 0.2) is 11.6 Å². The Morgan fingerprint density at radius 2 is 1.78 bits per heavy atom. The van der Waals surface area contributed by atoms with Gasteiger partial charge in [0.25, 0.3) is 0 Å². The third kappa shape index (κ3) is 5.76. The number of aromatic nitrogens is 3. The second kappa shape index (κ2) is 11.2. The minimum atomic E-state index is -1.39. The van der Waals surface area contributed by atoms with E-state index in [9.17, 15) is 18.8 Å². The Kier molecular flexibility index (Phi) is 7.47. The predicted molar refractivity (Wildman–Crippen MR) is 143 cm³/mol. The second-order valence-electron chi connectivity index (χ2n) is 9.39. The van der Waals surface area contributed by atoms with Crippen LogP contribution in [0.3, 0.4) is 0 Å². The number of esters is 1. The smallest absolute Gasteiger partial charge is 0.327 e. The molecule has 12 heteroatoms. The molecule has 41 heavy (non-hydrogen) atoms. The average molecular weight is 562 g/mol. The maximum Gasteiger partial charge on any atom is 0.327 e. The molecule has 0 unspecified atom stereocenters. The van der Waals surface area contributed by atoms with Crippen LogP contribution in [-0.2, 0) is 25.7 Å². The summed E-state index contributed by atoms with van der Waals surface area (Å²) in [6.07, 6.45) is 5.18. The fourth-order valence-corrected chi connectivity index (χ4v) is 4.27. The molecule has 0 atom stereocenters. The van der Waals surface area contributed by atoms with Crippen molar-refractivity contribution in [1.82, 2.24) is 14.8 Å². The van der Waals surface area contributed by atoms with E-state index in [1.807, 2.05) is 0 Å². The van der Waals surface area contributed by atoms with Crippen LogP contribution in [0.2, 0.25) is 0 Å². The van der Waals surface area contributed by atoms with Gasteiger partial charge in [-0.15, -0.1) is 0 Å². The molecule has 4 aromatic rings. The number of carbonyl (C=O) groups is 3. The van der Waals surface area contributed by atoms with Crippen molar-refractivity contribution >= 4 is 29.2 Å². The molecule has 0 spiro atoms. The van der Waals surface area contributed by atoms with Crippen LogP contribution in [0.4, 0.5) is 20.2 Å². The zero-order valence-electron chi connectivity index (χ0n) is 21.9. The number of carbonyl (C=O) groups excluding carboxylic acids is 3. The standard InChI is InChI=1S/C29H25F2N5O5/c1-2-40-26(37)17-35-16-18(15-34-35)24-14-22(9-12-33-24)41-25-8-7-21(13-23(25)31)36(20-5-3-19(30)4-6-20)28(39)29(10-11-29)27(32)38/h3-9,12-16H,2,10-11,17H2,1H3,(H2,32,38). The topological polar surface area (TPSA) is 130 Å². The average Bonchev–Trinajstić information content (AvgIpc) is 3.65. The summed E-state index contributed by atoms with van der Waals surface area (Å²) in [5.74, 6) is -2.97. The van der Waals surface area contributed by atoms with E-state index in [2.05, 4.69) is 10.1 Å². The highest BCUT2D eigenvalue weighted by Crippen LogP contribution is 2.49. The molecule has 2 aromatic carbocycles. The van der Waals surface area contributed by atoms with Gasteiger partial charge in [-0.05, 0) is 62.2 Å². The van der Waals surface area contributed by atoms with Crippen molar-refractivity contribution in [3.63, 3.8) is 0 Å². The van der Waals surface area contributed by atoms with Crippen molar-refractivity contribution in [3.05, 3.63) is 84.8 Å². The van der Waals surface area contributed by atoms with Gasteiger partial charge in [0.1, 0.15) is 23.5 Å². The van der Waals surface area contributed by atoms with Crippen LogP contribution < -0.4 is 15.4 Å². The number of rotatable bonds is 10. The highest BCUT2D eigenvalue weighted by atomic mass is 19.1. The molecular weight excluding hydrogens is 536 g/mol. The highest BCUT2D eigenvalue weighted by Gasteiger charge is 2.57. The summed E-state index contributed by atoms with van der Waals surface area (Å²) in [5, 5.41) is 4.14. The number of nitrogens with zero attached hydrogens (tertiary/aromatic N) is 4. The Labute approximate surface area is 233 Å². The fraction of sp³-hybridized carbons (Fsp3) is 0.207.